The van der Waals surface area contributed by atoms with Gasteiger partial charge in [-0.2, -0.15) is 0 Å². The minimum atomic E-state index is -0.432. The van der Waals surface area contributed by atoms with E-state index in [1.54, 1.807) is 29.4 Å². The van der Waals surface area contributed by atoms with Gasteiger partial charge in [-0.05, 0) is 206 Å². The summed E-state index contributed by atoms with van der Waals surface area (Å²) in [6.07, 6.45) is 2.85. The molecule has 12 aromatic carbocycles. The summed E-state index contributed by atoms with van der Waals surface area (Å²) < 4.78 is 42.2. The second-order valence-electron chi connectivity index (χ2n) is 33.2. The van der Waals surface area contributed by atoms with E-state index in [0.29, 0.717) is 80.1 Å². The number of nitrogens with zero attached hydrogens (tertiary/aromatic N) is 8. The fourth-order valence-corrected chi connectivity index (χ4v) is 16.5. The van der Waals surface area contributed by atoms with Gasteiger partial charge in [0.05, 0.1) is 115 Å². The highest BCUT2D eigenvalue weighted by atomic mass is 19.1. The van der Waals surface area contributed by atoms with Gasteiger partial charge >= 0.3 is 0 Å². The summed E-state index contributed by atoms with van der Waals surface area (Å²) >= 11 is 0. The van der Waals surface area contributed by atoms with Crippen LogP contribution in [-0.4, -0.2) is 87.4 Å². The molecular formula is C105H117FN12O4. The number of fused-ring (bicyclic) bond motifs is 4. The molecular weight excluding hydrogens is 1510 g/mol. The molecule has 0 aliphatic rings. The molecule has 16 rings (SSSR count). The smallest absolute Gasteiger partial charge is 0.203 e. The standard InChI is InChI=1S/2C27H31N3O.C26H29N3O.C25H26FN3O/c1-19-5-10-22(11-6-19)16-24(18-31-4)30-25-14-9-21(3)15-26(25)29(27(30)28)17-23-12-7-20(2)8-13-23;1-19-8-12-22(13-9-19)16-24(18-31-4)30-26-21(3)6-5-7-25(26)29(27(30)28)17-23-14-10-20(2)11-15-23;1-18-4-9-21(10-5-18)15-23(17-30)29-24-13-8-20(3)14-25(24)28(26(29)27)16-22-11-6-19(2)7-12-22;1-17-6-10-19(11-7-17)14-21(16-30)29-24-22(26)4-3-5-23(24)28(25(29)27)15-20-12-8-18(2)9-13-20/h2*5-15,24,28H,16-18H2,1-4H3;4-14,23,27,30H,15-17H2,1-3H3;3-13,21,27,30H,14-16H2,1-2H3/t2*24-;23-;21-/m0000/s1. The van der Waals surface area contributed by atoms with Gasteiger partial charge in [0.25, 0.3) is 0 Å². The molecule has 0 bridgehead atoms. The summed E-state index contributed by atoms with van der Waals surface area (Å²) in [5, 5.41) is 56.5. The lowest BCUT2D eigenvalue weighted by Gasteiger charge is -2.20. The molecule has 0 saturated heterocycles. The predicted molar refractivity (Wildman–Crippen MR) is 492 cm³/mol. The Kier molecular flexibility index (Phi) is 28.5. The molecule has 17 heteroatoms. The Balaban J connectivity index is 0.000000140. The minimum Gasteiger partial charge on any atom is -0.394 e. The highest BCUT2D eigenvalue weighted by Crippen LogP contribution is 2.30. The average molecular weight is 1630 g/mol. The first kappa shape index (κ1) is 87.3. The first-order valence-corrected chi connectivity index (χ1v) is 42.2. The zero-order chi connectivity index (χ0) is 86.4. The summed E-state index contributed by atoms with van der Waals surface area (Å²) in [5.74, 6) is -0.383. The molecule has 0 spiro atoms. The number of aromatic nitrogens is 8. The minimum absolute atomic E-state index is 0.0120. The van der Waals surface area contributed by atoms with Gasteiger partial charge in [0.15, 0.2) is 0 Å². The quantitative estimate of drug-likeness (QED) is 0.0314. The fourth-order valence-electron chi connectivity index (χ4n) is 16.5. The van der Waals surface area contributed by atoms with Gasteiger partial charge in [0.1, 0.15) is 11.3 Å². The van der Waals surface area contributed by atoms with Crippen molar-refractivity contribution in [2.75, 3.05) is 40.6 Å². The maximum atomic E-state index is 14.9. The number of aliphatic hydroxyl groups is 2. The van der Waals surface area contributed by atoms with E-state index >= 15 is 0 Å². The van der Waals surface area contributed by atoms with Crippen molar-refractivity contribution in [2.24, 2.45) is 0 Å². The third-order valence-corrected chi connectivity index (χ3v) is 23.4. The Morgan fingerprint density at radius 3 is 0.836 bits per heavy atom. The number of methoxy groups -OCH3 is 2. The maximum Gasteiger partial charge on any atom is 0.203 e. The molecule has 0 saturated carbocycles. The predicted octanol–water partition coefficient (Wildman–Crippen LogP) is 19.8. The molecule has 0 fully saturated rings. The van der Waals surface area contributed by atoms with Crippen LogP contribution < -0.4 is 22.5 Å². The van der Waals surface area contributed by atoms with Crippen molar-refractivity contribution in [2.45, 2.75) is 152 Å². The molecule has 6 N–H and O–H groups in total. The molecule has 4 atom stereocenters. The van der Waals surface area contributed by atoms with Crippen LogP contribution in [0.15, 0.2) is 267 Å². The fraction of sp³-hybridized carbons (Fsp3) is 0.276. The van der Waals surface area contributed by atoms with E-state index in [1.165, 1.54) is 84.0 Å². The molecule has 628 valence electrons. The molecule has 4 heterocycles. The van der Waals surface area contributed by atoms with Crippen LogP contribution in [0.4, 0.5) is 4.39 Å². The number of nitrogens with one attached hydrogen (secondary N) is 4. The lowest BCUT2D eigenvalue weighted by atomic mass is 10.0. The number of para-hydroxylation sites is 2. The lowest BCUT2D eigenvalue weighted by Crippen LogP contribution is -2.31. The molecule has 0 unspecified atom stereocenters. The number of aliphatic hydroxyl groups excluding tert-OH is 2. The number of rotatable bonds is 26. The number of imidazole rings is 4. The normalized spacial score (nSPS) is 12.4. The molecule has 0 aliphatic heterocycles. The van der Waals surface area contributed by atoms with Crippen molar-refractivity contribution < 1.29 is 24.1 Å². The number of ether oxygens (including phenoxy) is 2. The van der Waals surface area contributed by atoms with Gasteiger partial charge in [0, 0.05) is 14.2 Å². The zero-order valence-corrected chi connectivity index (χ0v) is 72.9. The molecule has 0 amide bonds. The average Bonchev–Trinajstić information content (AvgIpc) is 1.61. The number of aryl methyl sites for hydroxylation is 11. The van der Waals surface area contributed by atoms with Crippen molar-refractivity contribution in [1.29, 1.82) is 21.6 Å². The van der Waals surface area contributed by atoms with E-state index < -0.39 is 6.04 Å². The lowest BCUT2D eigenvalue weighted by molar-refractivity contribution is 0.154. The number of hydrogen-bond acceptors (Lipinski definition) is 8. The first-order valence-electron chi connectivity index (χ1n) is 42.2. The van der Waals surface area contributed by atoms with E-state index in [4.69, 9.17) is 31.1 Å². The highest BCUT2D eigenvalue weighted by Gasteiger charge is 2.26. The molecule has 16 nitrogen and oxygen atoms in total. The third kappa shape index (κ3) is 20.6. The summed E-state index contributed by atoms with van der Waals surface area (Å²) in [7, 11) is 3.48. The van der Waals surface area contributed by atoms with E-state index in [1.807, 2.05) is 77.6 Å². The van der Waals surface area contributed by atoms with E-state index in [9.17, 15) is 14.6 Å². The SMILES string of the molecule is COC[C@H](Cc1ccc(C)cc1)n1c(=N)n(Cc2ccc(C)cc2)c2cc(C)ccc21.COC[C@H](Cc1ccc(C)cc1)n1c(=N)n(Cc2ccc(C)cc2)c2cccc(C)c21.Cc1ccc(C[C@@H](CO)n2c(=N)n(Cc3ccc(C)cc3)c3cc(C)ccc32)cc1.Cc1ccc(C[C@@H](CO)n2c(=N)n(Cc3ccc(C)cc3)c3cccc(F)c32)cc1. The highest BCUT2D eigenvalue weighted by molar-refractivity contribution is 5.81. The van der Waals surface area contributed by atoms with Crippen LogP contribution in [0.3, 0.4) is 0 Å². The summed E-state index contributed by atoms with van der Waals surface area (Å²) in [5.41, 5.74) is 31.7. The molecule has 0 radical (unpaired) electrons. The van der Waals surface area contributed by atoms with Crippen molar-refractivity contribution in [3.05, 3.63) is 401 Å². The van der Waals surface area contributed by atoms with Gasteiger partial charge in [-0.1, -0.05) is 269 Å². The Morgan fingerprint density at radius 2 is 0.516 bits per heavy atom. The van der Waals surface area contributed by atoms with Crippen LogP contribution in [0.2, 0.25) is 0 Å². The van der Waals surface area contributed by atoms with Gasteiger partial charge in [-0.3, -0.25) is 21.6 Å². The van der Waals surface area contributed by atoms with Crippen molar-refractivity contribution >= 4 is 44.1 Å². The maximum absolute atomic E-state index is 14.9. The summed E-state index contributed by atoms with van der Waals surface area (Å²) in [4.78, 5) is 0. The van der Waals surface area contributed by atoms with Crippen molar-refractivity contribution in [1.82, 2.24) is 36.5 Å². The third-order valence-electron chi connectivity index (χ3n) is 23.4. The Hall–Kier alpha value is -12.5. The van der Waals surface area contributed by atoms with Crippen LogP contribution in [0, 0.1) is 104 Å². The van der Waals surface area contributed by atoms with Crippen LogP contribution in [0.1, 0.15) is 130 Å². The topological polar surface area (TPSA) is 194 Å². The molecule has 122 heavy (non-hydrogen) atoms. The second-order valence-corrected chi connectivity index (χ2v) is 33.2. The largest absolute Gasteiger partial charge is 0.394 e. The molecule has 0 aliphatic carbocycles. The zero-order valence-electron chi connectivity index (χ0n) is 72.9. The van der Waals surface area contributed by atoms with E-state index in [2.05, 4.69) is 281 Å². The van der Waals surface area contributed by atoms with Crippen molar-refractivity contribution in [3.8, 4) is 0 Å². The van der Waals surface area contributed by atoms with Gasteiger partial charge in [0.2, 0.25) is 22.5 Å². The van der Waals surface area contributed by atoms with E-state index in [0.717, 1.165) is 73.8 Å². The van der Waals surface area contributed by atoms with E-state index in [-0.39, 0.29) is 42.8 Å². The first-order chi connectivity index (χ1) is 58.9. The monoisotopic (exact) mass is 1630 g/mol. The Bertz CT molecular complexity index is 6380. The number of halogens is 1. The summed E-state index contributed by atoms with van der Waals surface area (Å²) in [6.45, 7) is 26.3. The van der Waals surface area contributed by atoms with Crippen LogP contribution in [0.5, 0.6) is 0 Å². The molecule has 4 aromatic heterocycles. The Morgan fingerprint density at radius 1 is 0.270 bits per heavy atom. The van der Waals surface area contributed by atoms with Gasteiger partial charge in [-0.25, -0.2) is 4.39 Å². The van der Waals surface area contributed by atoms with Crippen LogP contribution in [0.25, 0.3) is 44.1 Å². The number of hydrogen-bond donors (Lipinski definition) is 6. The Labute approximate surface area is 716 Å². The second kappa shape index (κ2) is 39.8. The van der Waals surface area contributed by atoms with Crippen LogP contribution in [-0.2, 0) is 61.3 Å². The summed E-state index contributed by atoms with van der Waals surface area (Å²) in [6, 6.07) is 91.0. The number of benzene rings is 12. The van der Waals surface area contributed by atoms with Gasteiger partial charge < -0.3 is 56.2 Å². The van der Waals surface area contributed by atoms with Crippen LogP contribution >= 0.6 is 0 Å². The van der Waals surface area contributed by atoms with Crippen molar-refractivity contribution in [3.63, 3.8) is 0 Å². The van der Waals surface area contributed by atoms with Gasteiger partial charge in [-0.15, -0.1) is 0 Å². The molecule has 16 aromatic rings.